The number of hydrogen-bond acceptors (Lipinski definition) is 5. The molecule has 1 atom stereocenters. The fourth-order valence-corrected chi connectivity index (χ4v) is 5.97. The molecule has 0 unspecified atom stereocenters. The van der Waals surface area contributed by atoms with Crippen molar-refractivity contribution in [1.29, 1.82) is 0 Å². The van der Waals surface area contributed by atoms with E-state index >= 15 is 0 Å². The van der Waals surface area contributed by atoms with Crippen LogP contribution in [0.25, 0.3) is 0 Å². The van der Waals surface area contributed by atoms with E-state index in [1.54, 1.807) is 6.07 Å². The van der Waals surface area contributed by atoms with Crippen LogP contribution in [0.5, 0.6) is 0 Å². The third kappa shape index (κ3) is 5.72. The van der Waals surface area contributed by atoms with Gasteiger partial charge >= 0.3 is 0 Å². The zero-order chi connectivity index (χ0) is 22.6. The van der Waals surface area contributed by atoms with Gasteiger partial charge in [0.2, 0.25) is 10.0 Å². The number of hydrogen-bond donors (Lipinski definition) is 1. The predicted molar refractivity (Wildman–Crippen MR) is 112 cm³/mol. The highest BCUT2D eigenvalue weighted by molar-refractivity contribution is 7.92. The van der Waals surface area contributed by atoms with Crippen LogP contribution in [-0.4, -0.2) is 28.4 Å². The number of benzene rings is 2. The van der Waals surface area contributed by atoms with Gasteiger partial charge in [-0.05, 0) is 60.0 Å². The summed E-state index contributed by atoms with van der Waals surface area (Å²) in [6.07, 6.45) is 2.81. The Morgan fingerprint density at radius 3 is 2.32 bits per heavy atom. The Kier molecular flexibility index (Phi) is 6.83. The molecule has 0 aliphatic heterocycles. The van der Waals surface area contributed by atoms with Gasteiger partial charge in [0.1, 0.15) is 16.9 Å². The first-order chi connectivity index (χ1) is 14.6. The van der Waals surface area contributed by atoms with E-state index in [2.05, 4.69) is 9.71 Å². The number of nitrogens with zero attached hydrogens (tertiary/aromatic N) is 1. The first-order valence-corrected chi connectivity index (χ1v) is 12.4. The van der Waals surface area contributed by atoms with Crippen molar-refractivity contribution in [3.8, 4) is 0 Å². The molecule has 0 aliphatic rings. The highest BCUT2D eigenvalue weighted by Crippen LogP contribution is 2.29. The van der Waals surface area contributed by atoms with Crippen LogP contribution in [0.4, 0.5) is 8.78 Å². The molecule has 2 aromatic carbocycles. The van der Waals surface area contributed by atoms with Gasteiger partial charge in [-0.15, -0.1) is 0 Å². The zero-order valence-electron chi connectivity index (χ0n) is 16.5. The lowest BCUT2D eigenvalue weighted by atomic mass is 10.2. The summed E-state index contributed by atoms with van der Waals surface area (Å²) in [7, 11) is -8.00. The highest BCUT2D eigenvalue weighted by atomic mass is 32.2. The van der Waals surface area contributed by atoms with Crippen molar-refractivity contribution in [3.05, 3.63) is 95.3 Å². The van der Waals surface area contributed by atoms with Gasteiger partial charge in [-0.25, -0.2) is 30.3 Å². The van der Waals surface area contributed by atoms with Gasteiger partial charge in [0.15, 0.2) is 9.84 Å². The Morgan fingerprint density at radius 2 is 1.71 bits per heavy atom. The zero-order valence-corrected chi connectivity index (χ0v) is 18.1. The Balaban J connectivity index is 1.89. The van der Waals surface area contributed by atoms with Gasteiger partial charge in [0.25, 0.3) is 0 Å². The first-order valence-electron chi connectivity index (χ1n) is 9.20. The standard InChI is InChI=1S/C21H20F2N2O4S2/c1-15-11-19(8-9-20(15)23)31(28,29)21(17-3-2-10-24-12-17)13-25-30(26,27)14-16-4-6-18(22)7-5-16/h2-12,21,25H,13-14H2,1H3/t21-/m1/s1. The average Bonchev–Trinajstić information content (AvgIpc) is 2.72. The van der Waals surface area contributed by atoms with Gasteiger partial charge in [-0.1, -0.05) is 18.2 Å². The molecule has 10 heteroatoms. The minimum Gasteiger partial charge on any atom is -0.264 e. The van der Waals surface area contributed by atoms with Crippen molar-refractivity contribution in [2.45, 2.75) is 22.8 Å². The molecular weight excluding hydrogens is 446 g/mol. The largest absolute Gasteiger partial charge is 0.264 e. The molecule has 164 valence electrons. The second-order valence-electron chi connectivity index (χ2n) is 6.97. The van der Waals surface area contributed by atoms with Crippen LogP contribution in [0.2, 0.25) is 0 Å². The summed E-state index contributed by atoms with van der Waals surface area (Å²) in [6, 6.07) is 11.4. The minimum absolute atomic E-state index is 0.127. The van der Waals surface area contributed by atoms with E-state index in [4.69, 9.17) is 0 Å². The maximum atomic E-state index is 13.6. The summed E-state index contributed by atoms with van der Waals surface area (Å²) in [5.41, 5.74) is 0.792. The van der Waals surface area contributed by atoms with Crippen molar-refractivity contribution in [3.63, 3.8) is 0 Å². The lowest BCUT2D eigenvalue weighted by molar-refractivity contribution is 0.567. The summed E-state index contributed by atoms with van der Waals surface area (Å²) in [5.74, 6) is -1.48. The summed E-state index contributed by atoms with van der Waals surface area (Å²) < 4.78 is 80.6. The van der Waals surface area contributed by atoms with Crippen molar-refractivity contribution in [1.82, 2.24) is 9.71 Å². The van der Waals surface area contributed by atoms with E-state index in [-0.39, 0.29) is 16.0 Å². The number of rotatable bonds is 8. The molecule has 1 heterocycles. The molecule has 0 spiro atoms. The van der Waals surface area contributed by atoms with E-state index in [1.165, 1.54) is 43.6 Å². The normalized spacial score (nSPS) is 13.1. The van der Waals surface area contributed by atoms with Crippen LogP contribution >= 0.6 is 0 Å². The van der Waals surface area contributed by atoms with Crippen molar-refractivity contribution < 1.29 is 25.6 Å². The smallest absolute Gasteiger partial charge is 0.215 e. The molecule has 3 rings (SSSR count). The van der Waals surface area contributed by atoms with Gasteiger partial charge in [0, 0.05) is 18.9 Å². The molecule has 3 aromatic rings. The second kappa shape index (κ2) is 9.21. The topological polar surface area (TPSA) is 93.2 Å². The summed E-state index contributed by atoms with van der Waals surface area (Å²) in [6.45, 7) is 0.993. The van der Waals surface area contributed by atoms with Crippen LogP contribution in [0.3, 0.4) is 0 Å². The molecule has 0 saturated heterocycles. The number of aryl methyl sites for hydroxylation is 1. The molecule has 6 nitrogen and oxygen atoms in total. The Hall–Kier alpha value is -2.69. The molecule has 0 radical (unpaired) electrons. The SMILES string of the molecule is Cc1cc(S(=O)(=O)[C@H](CNS(=O)(=O)Cc2ccc(F)cc2)c2cccnc2)ccc1F. The van der Waals surface area contributed by atoms with Crippen LogP contribution in [-0.2, 0) is 25.6 Å². The van der Waals surface area contributed by atoms with Gasteiger partial charge in [-0.3, -0.25) is 4.98 Å². The van der Waals surface area contributed by atoms with E-state index in [9.17, 15) is 25.6 Å². The lowest BCUT2D eigenvalue weighted by Crippen LogP contribution is -2.33. The Morgan fingerprint density at radius 1 is 1.00 bits per heavy atom. The summed E-state index contributed by atoms with van der Waals surface area (Å²) in [5, 5.41) is -1.28. The number of pyridine rings is 1. The first kappa shape index (κ1) is 23.0. The fraction of sp³-hybridized carbons (Fsp3) is 0.190. The molecule has 0 fully saturated rings. The van der Waals surface area contributed by atoms with E-state index in [1.807, 2.05) is 0 Å². The summed E-state index contributed by atoms with van der Waals surface area (Å²) >= 11 is 0. The molecule has 0 amide bonds. The molecule has 0 bridgehead atoms. The maximum Gasteiger partial charge on any atom is 0.215 e. The summed E-state index contributed by atoms with van der Waals surface area (Å²) in [4.78, 5) is 3.80. The number of sulfone groups is 1. The van der Waals surface area contributed by atoms with Crippen LogP contribution in [0, 0.1) is 18.6 Å². The molecule has 31 heavy (non-hydrogen) atoms. The lowest BCUT2D eigenvalue weighted by Gasteiger charge is -2.19. The number of halogens is 2. The molecular formula is C21H20F2N2O4S2. The molecule has 0 aliphatic carbocycles. The van der Waals surface area contributed by atoms with E-state index < -0.39 is 49.0 Å². The maximum absolute atomic E-state index is 13.6. The van der Waals surface area contributed by atoms with E-state index in [0.29, 0.717) is 5.56 Å². The van der Waals surface area contributed by atoms with Crippen LogP contribution in [0.15, 0.2) is 71.9 Å². The van der Waals surface area contributed by atoms with Gasteiger partial charge in [0.05, 0.1) is 10.6 Å². The molecule has 1 N–H and O–H groups in total. The van der Waals surface area contributed by atoms with Gasteiger partial charge < -0.3 is 0 Å². The van der Waals surface area contributed by atoms with Crippen molar-refractivity contribution in [2.24, 2.45) is 0 Å². The number of aromatic nitrogens is 1. The Bertz CT molecular complexity index is 1260. The molecule has 1 aromatic heterocycles. The average molecular weight is 467 g/mol. The monoisotopic (exact) mass is 466 g/mol. The minimum atomic E-state index is -4.08. The fourth-order valence-electron chi connectivity index (χ4n) is 2.99. The number of nitrogens with one attached hydrogen (secondary N) is 1. The second-order valence-corrected chi connectivity index (χ2v) is 10.9. The van der Waals surface area contributed by atoms with Gasteiger partial charge in [-0.2, -0.15) is 0 Å². The third-order valence-electron chi connectivity index (χ3n) is 4.65. The van der Waals surface area contributed by atoms with Crippen LogP contribution in [0.1, 0.15) is 21.9 Å². The Labute approximate surface area is 179 Å². The molecule has 0 saturated carbocycles. The predicted octanol–water partition coefficient (Wildman–Crippen LogP) is 3.30. The van der Waals surface area contributed by atoms with Crippen molar-refractivity contribution >= 4 is 19.9 Å². The highest BCUT2D eigenvalue weighted by Gasteiger charge is 2.31. The van der Waals surface area contributed by atoms with E-state index in [0.717, 1.165) is 24.3 Å². The number of sulfonamides is 1. The van der Waals surface area contributed by atoms with Crippen molar-refractivity contribution in [2.75, 3.05) is 6.54 Å². The third-order valence-corrected chi connectivity index (χ3v) is 8.07. The quantitative estimate of drug-likeness (QED) is 0.514. The van der Waals surface area contributed by atoms with Crippen LogP contribution < -0.4 is 4.72 Å².